The van der Waals surface area contributed by atoms with Gasteiger partial charge in [0.2, 0.25) is 15.0 Å². The fourth-order valence-corrected chi connectivity index (χ4v) is 2.39. The molecule has 1 rings (SSSR count). The maximum Gasteiger partial charge on any atom is 0.433 e. The van der Waals surface area contributed by atoms with Gasteiger partial charge in [0.05, 0.1) is 5.75 Å². The number of rotatable bonds is 4. The monoisotopic (exact) mass is 334 g/mol. The minimum absolute atomic E-state index is 0.274. The molecule has 0 aliphatic rings. The van der Waals surface area contributed by atoms with Crippen LogP contribution in [-0.2, 0) is 16.0 Å². The van der Waals surface area contributed by atoms with Crippen molar-refractivity contribution in [2.24, 2.45) is 0 Å². The predicted octanol–water partition coefficient (Wildman–Crippen LogP) is 3.05. The Hall–Kier alpha value is -1.65. The van der Waals surface area contributed by atoms with Gasteiger partial charge in [-0.3, -0.25) is 0 Å². The second-order valence-corrected chi connectivity index (χ2v) is 5.91. The summed E-state index contributed by atoms with van der Waals surface area (Å²) in [6, 6.07) is 0.529. The van der Waals surface area contributed by atoms with Crippen LogP contribution in [0.3, 0.4) is 0 Å². The number of allylic oxidation sites excluding steroid dienone is 1. The summed E-state index contributed by atoms with van der Waals surface area (Å²) in [4.78, 5) is 6.17. The minimum Gasteiger partial charge on any atom is -0.224 e. The molecule has 0 aromatic carbocycles. The van der Waals surface area contributed by atoms with Gasteiger partial charge in [-0.05, 0) is 13.0 Å². The molecule has 1 aromatic heterocycles. The summed E-state index contributed by atoms with van der Waals surface area (Å²) < 4.78 is 97.0. The molecule has 0 saturated heterocycles. The molecule has 0 atom stereocenters. The number of hydrogen-bond donors (Lipinski definition) is 0. The first-order valence-corrected chi connectivity index (χ1v) is 6.94. The van der Waals surface area contributed by atoms with E-state index < -0.39 is 50.9 Å². The Balaban J connectivity index is 3.15. The molecule has 0 fully saturated rings. The topological polar surface area (TPSA) is 59.9 Å². The summed E-state index contributed by atoms with van der Waals surface area (Å²) in [5, 5.41) is -1.18. The lowest BCUT2D eigenvalue weighted by Gasteiger charge is -2.09. The SMILES string of the molecule is Cc1cc(C(F)(F)F)nc(S(=O)(=O)CCC(F)=C(F)F)n1. The van der Waals surface area contributed by atoms with Gasteiger partial charge >= 0.3 is 12.3 Å². The molecular formula is C10H8F6N2O2S. The summed E-state index contributed by atoms with van der Waals surface area (Å²) >= 11 is 0. The van der Waals surface area contributed by atoms with Crippen LogP contribution in [-0.4, -0.2) is 24.1 Å². The Morgan fingerprint density at radius 3 is 2.24 bits per heavy atom. The van der Waals surface area contributed by atoms with Gasteiger partial charge in [-0.15, -0.1) is 0 Å². The van der Waals surface area contributed by atoms with Crippen molar-refractivity contribution >= 4 is 9.84 Å². The highest BCUT2D eigenvalue weighted by Gasteiger charge is 2.35. The molecule has 0 amide bonds. The molecule has 0 spiro atoms. The average Bonchev–Trinajstić information content (AvgIpc) is 2.34. The van der Waals surface area contributed by atoms with Crippen LogP contribution in [0.5, 0.6) is 0 Å². The highest BCUT2D eigenvalue weighted by atomic mass is 32.2. The van der Waals surface area contributed by atoms with Crippen molar-refractivity contribution in [3.63, 3.8) is 0 Å². The quantitative estimate of drug-likeness (QED) is 0.627. The van der Waals surface area contributed by atoms with Crippen molar-refractivity contribution < 1.29 is 34.8 Å². The zero-order valence-electron chi connectivity index (χ0n) is 10.4. The maximum atomic E-state index is 12.6. The van der Waals surface area contributed by atoms with Crippen LogP contribution in [0.4, 0.5) is 26.3 Å². The van der Waals surface area contributed by atoms with E-state index in [-0.39, 0.29) is 5.69 Å². The molecule has 1 aromatic rings. The summed E-state index contributed by atoms with van der Waals surface area (Å²) in [7, 11) is -4.52. The zero-order chi connectivity index (χ0) is 16.4. The second kappa shape index (κ2) is 6.00. The van der Waals surface area contributed by atoms with Gasteiger partial charge in [0.25, 0.3) is 0 Å². The van der Waals surface area contributed by atoms with Crippen LogP contribution in [0.25, 0.3) is 0 Å². The van der Waals surface area contributed by atoms with Crippen LogP contribution < -0.4 is 0 Å². The smallest absolute Gasteiger partial charge is 0.224 e. The molecule has 0 bridgehead atoms. The first kappa shape index (κ1) is 17.4. The van der Waals surface area contributed by atoms with Gasteiger partial charge in [-0.1, -0.05) is 0 Å². The number of aromatic nitrogens is 2. The maximum absolute atomic E-state index is 12.6. The Bertz CT molecular complexity index is 665. The first-order chi connectivity index (χ1) is 9.43. The molecular weight excluding hydrogens is 326 g/mol. The minimum atomic E-state index is -4.89. The molecule has 0 saturated carbocycles. The van der Waals surface area contributed by atoms with E-state index >= 15 is 0 Å². The van der Waals surface area contributed by atoms with Crippen molar-refractivity contribution in [2.75, 3.05) is 5.75 Å². The summed E-state index contributed by atoms with van der Waals surface area (Å²) in [5.74, 6) is -3.13. The number of halogens is 6. The highest BCUT2D eigenvalue weighted by Crippen LogP contribution is 2.28. The number of aryl methyl sites for hydroxylation is 1. The van der Waals surface area contributed by atoms with E-state index in [1.807, 2.05) is 0 Å². The molecule has 21 heavy (non-hydrogen) atoms. The third-order valence-electron chi connectivity index (χ3n) is 2.20. The molecule has 118 valence electrons. The van der Waals surface area contributed by atoms with Gasteiger partial charge in [-0.2, -0.15) is 22.0 Å². The largest absolute Gasteiger partial charge is 0.433 e. The van der Waals surface area contributed by atoms with Crippen LogP contribution >= 0.6 is 0 Å². The van der Waals surface area contributed by atoms with E-state index in [4.69, 9.17) is 0 Å². The molecule has 1 heterocycles. The van der Waals surface area contributed by atoms with E-state index in [2.05, 4.69) is 9.97 Å². The fraction of sp³-hybridized carbons (Fsp3) is 0.400. The van der Waals surface area contributed by atoms with Crippen LogP contribution in [0.2, 0.25) is 0 Å². The third-order valence-corrected chi connectivity index (χ3v) is 3.68. The van der Waals surface area contributed by atoms with Crippen molar-refractivity contribution in [2.45, 2.75) is 24.7 Å². The fourth-order valence-electron chi connectivity index (χ4n) is 1.24. The van der Waals surface area contributed by atoms with Crippen LogP contribution in [0.1, 0.15) is 17.8 Å². The Kier molecular flexibility index (Phi) is 4.97. The number of alkyl halides is 3. The van der Waals surface area contributed by atoms with Gasteiger partial charge in [0, 0.05) is 12.1 Å². The highest BCUT2D eigenvalue weighted by molar-refractivity contribution is 7.91. The Morgan fingerprint density at radius 1 is 1.19 bits per heavy atom. The van der Waals surface area contributed by atoms with Crippen molar-refractivity contribution in [1.82, 2.24) is 9.97 Å². The van der Waals surface area contributed by atoms with E-state index in [1.54, 1.807) is 0 Å². The third kappa shape index (κ3) is 4.69. The van der Waals surface area contributed by atoms with Crippen molar-refractivity contribution in [3.8, 4) is 0 Å². The molecule has 4 nitrogen and oxygen atoms in total. The number of nitrogens with zero attached hydrogens (tertiary/aromatic N) is 2. The molecule has 11 heteroatoms. The predicted molar refractivity (Wildman–Crippen MR) is 58.8 cm³/mol. The van der Waals surface area contributed by atoms with Crippen LogP contribution in [0, 0.1) is 6.92 Å². The number of hydrogen-bond acceptors (Lipinski definition) is 4. The Labute approximate surface area is 115 Å². The molecule has 0 radical (unpaired) electrons. The lowest BCUT2D eigenvalue weighted by molar-refractivity contribution is -0.141. The summed E-state index contributed by atoms with van der Waals surface area (Å²) in [6.45, 7) is 1.11. The zero-order valence-corrected chi connectivity index (χ0v) is 11.2. The lowest BCUT2D eigenvalue weighted by atomic mass is 10.3. The molecule has 0 N–H and O–H groups in total. The summed E-state index contributed by atoms with van der Waals surface area (Å²) in [6.07, 6.45) is -8.76. The van der Waals surface area contributed by atoms with E-state index in [1.165, 1.54) is 0 Å². The second-order valence-electron chi connectivity index (χ2n) is 3.91. The standard InChI is InChI=1S/C10H8F6N2O2S/c1-5-4-7(10(14,15)16)18-9(17-5)21(19,20)3-2-6(11)8(12)13/h4H,2-3H2,1H3. The number of sulfone groups is 1. The van der Waals surface area contributed by atoms with E-state index in [9.17, 15) is 34.8 Å². The van der Waals surface area contributed by atoms with Crippen molar-refractivity contribution in [3.05, 3.63) is 29.4 Å². The summed E-state index contributed by atoms with van der Waals surface area (Å²) in [5.41, 5.74) is -1.76. The molecule has 0 aliphatic carbocycles. The van der Waals surface area contributed by atoms with E-state index in [0.717, 1.165) is 6.92 Å². The Morgan fingerprint density at radius 2 is 1.76 bits per heavy atom. The van der Waals surface area contributed by atoms with E-state index in [0.29, 0.717) is 6.07 Å². The average molecular weight is 334 g/mol. The first-order valence-electron chi connectivity index (χ1n) is 5.29. The van der Waals surface area contributed by atoms with Crippen molar-refractivity contribution in [1.29, 1.82) is 0 Å². The normalized spacial score (nSPS) is 12.3. The van der Waals surface area contributed by atoms with Gasteiger partial charge in [0.1, 0.15) is 5.69 Å². The van der Waals surface area contributed by atoms with Crippen LogP contribution in [0.15, 0.2) is 23.1 Å². The molecule has 0 aliphatic heterocycles. The van der Waals surface area contributed by atoms with Gasteiger partial charge in [0.15, 0.2) is 5.83 Å². The lowest BCUT2D eigenvalue weighted by Crippen LogP contribution is -2.17. The molecule has 0 unspecified atom stereocenters. The van der Waals surface area contributed by atoms with Gasteiger partial charge in [-0.25, -0.2) is 22.8 Å². The van der Waals surface area contributed by atoms with Gasteiger partial charge < -0.3 is 0 Å².